The summed E-state index contributed by atoms with van der Waals surface area (Å²) in [6.45, 7) is 6.00. The predicted molar refractivity (Wildman–Crippen MR) is 125 cm³/mol. The molecule has 0 aliphatic carbocycles. The highest BCUT2D eigenvalue weighted by Gasteiger charge is 2.15. The first-order valence-corrected chi connectivity index (χ1v) is 10.8. The predicted octanol–water partition coefficient (Wildman–Crippen LogP) is 5.49. The Bertz CT molecular complexity index is 1350. The van der Waals surface area contributed by atoms with Gasteiger partial charge in [0.2, 0.25) is 0 Å². The molecule has 0 unspecified atom stereocenters. The Morgan fingerprint density at radius 3 is 2.48 bits per heavy atom. The summed E-state index contributed by atoms with van der Waals surface area (Å²) in [5, 5.41) is -0.0368. The van der Waals surface area contributed by atoms with Gasteiger partial charge in [-0.1, -0.05) is 37.6 Å². The molecule has 0 amide bonds. The van der Waals surface area contributed by atoms with E-state index in [0.717, 1.165) is 11.4 Å². The van der Waals surface area contributed by atoms with Crippen molar-refractivity contribution in [3.63, 3.8) is 0 Å². The van der Waals surface area contributed by atoms with E-state index in [1.807, 2.05) is 13.8 Å². The van der Waals surface area contributed by atoms with Crippen molar-refractivity contribution in [3.8, 4) is 22.8 Å². The highest BCUT2D eigenvalue weighted by Crippen LogP contribution is 2.26. The first kappa shape index (κ1) is 22.6. The Hall–Kier alpha value is -3.58. The van der Waals surface area contributed by atoms with Crippen molar-refractivity contribution in [1.82, 2.24) is 19.5 Å². The molecule has 8 heteroatoms. The highest BCUT2D eigenvalue weighted by atomic mass is 35.5. The summed E-state index contributed by atoms with van der Waals surface area (Å²) >= 11 is 6.37. The molecule has 0 radical (unpaired) electrons. The quantitative estimate of drug-likeness (QED) is 0.377. The first-order valence-electron chi connectivity index (χ1n) is 10.4. The van der Waals surface area contributed by atoms with Crippen molar-refractivity contribution in [2.75, 3.05) is 0 Å². The van der Waals surface area contributed by atoms with Crippen LogP contribution in [0.5, 0.6) is 5.75 Å². The van der Waals surface area contributed by atoms with E-state index in [1.165, 1.54) is 16.7 Å². The van der Waals surface area contributed by atoms with E-state index >= 15 is 0 Å². The van der Waals surface area contributed by atoms with Gasteiger partial charge >= 0.3 is 0 Å². The van der Waals surface area contributed by atoms with Gasteiger partial charge in [0, 0.05) is 30.1 Å². The van der Waals surface area contributed by atoms with Gasteiger partial charge in [0.1, 0.15) is 29.0 Å². The fraction of sp³-hybridized carbons (Fsp3) is 0.200. The SMILES string of the molecule is Cc1cc(OCc2ccc(F)cc2)c(Cl)c(=O)n1-c1ccnc(-c2ccnc(C(C)C)n2)c1. The van der Waals surface area contributed by atoms with E-state index in [2.05, 4.69) is 15.0 Å². The van der Waals surface area contributed by atoms with Crippen LogP contribution in [0.15, 0.2) is 65.7 Å². The minimum Gasteiger partial charge on any atom is -0.487 e. The topological polar surface area (TPSA) is 69.9 Å². The van der Waals surface area contributed by atoms with E-state index < -0.39 is 5.56 Å². The van der Waals surface area contributed by atoms with E-state index in [-0.39, 0.29) is 29.1 Å². The smallest absolute Gasteiger partial charge is 0.277 e. The van der Waals surface area contributed by atoms with Gasteiger partial charge in [-0.25, -0.2) is 14.4 Å². The summed E-state index contributed by atoms with van der Waals surface area (Å²) in [5.41, 5.74) is 2.90. The van der Waals surface area contributed by atoms with Gasteiger partial charge in [0.15, 0.2) is 0 Å². The fourth-order valence-corrected chi connectivity index (χ4v) is 3.54. The number of ether oxygens (including phenoxy) is 1. The van der Waals surface area contributed by atoms with Crippen LogP contribution >= 0.6 is 11.6 Å². The molecule has 0 atom stereocenters. The van der Waals surface area contributed by atoms with Crippen LogP contribution in [-0.4, -0.2) is 19.5 Å². The number of benzene rings is 1. The Balaban J connectivity index is 1.66. The molecule has 6 nitrogen and oxygen atoms in total. The molecule has 0 saturated heterocycles. The highest BCUT2D eigenvalue weighted by molar-refractivity contribution is 6.31. The van der Waals surface area contributed by atoms with Gasteiger partial charge in [-0.2, -0.15) is 0 Å². The standard InChI is InChI=1S/C25H22ClFN4O2/c1-15(2)24-29-11-9-20(30-24)21-13-19(8-10-28-21)31-16(3)12-22(23(26)25(31)32)33-14-17-4-6-18(27)7-5-17/h4-13,15H,14H2,1-3H3. The molecule has 0 aliphatic rings. The summed E-state index contributed by atoms with van der Waals surface area (Å²) in [6.07, 6.45) is 3.33. The molecule has 33 heavy (non-hydrogen) atoms. The van der Waals surface area contributed by atoms with Crippen LogP contribution in [0, 0.1) is 12.7 Å². The number of nitrogens with zero attached hydrogens (tertiary/aromatic N) is 4. The number of pyridine rings is 2. The number of rotatable bonds is 6. The molecular weight excluding hydrogens is 443 g/mol. The summed E-state index contributed by atoms with van der Waals surface area (Å²) in [5.74, 6) is 0.846. The number of aryl methyl sites for hydroxylation is 1. The van der Waals surface area contributed by atoms with Crippen molar-refractivity contribution in [2.24, 2.45) is 0 Å². The Morgan fingerprint density at radius 2 is 1.76 bits per heavy atom. The lowest BCUT2D eigenvalue weighted by molar-refractivity contribution is 0.305. The first-order chi connectivity index (χ1) is 15.8. The average molecular weight is 465 g/mol. The maximum Gasteiger partial charge on any atom is 0.277 e. The van der Waals surface area contributed by atoms with Gasteiger partial charge in [0.05, 0.1) is 17.1 Å². The molecule has 0 fully saturated rings. The van der Waals surface area contributed by atoms with Gasteiger partial charge in [-0.15, -0.1) is 0 Å². The van der Waals surface area contributed by atoms with Crippen LogP contribution in [0.1, 0.15) is 36.8 Å². The van der Waals surface area contributed by atoms with Crippen molar-refractivity contribution in [1.29, 1.82) is 0 Å². The van der Waals surface area contributed by atoms with Crippen LogP contribution in [0.4, 0.5) is 4.39 Å². The molecule has 3 heterocycles. The lowest BCUT2D eigenvalue weighted by Gasteiger charge is -2.15. The Morgan fingerprint density at radius 1 is 1.03 bits per heavy atom. The van der Waals surface area contributed by atoms with Crippen LogP contribution in [0.2, 0.25) is 5.02 Å². The lowest BCUT2D eigenvalue weighted by Crippen LogP contribution is -2.22. The molecule has 4 aromatic rings. The third kappa shape index (κ3) is 4.93. The molecule has 1 aromatic carbocycles. The van der Waals surface area contributed by atoms with E-state index in [0.29, 0.717) is 22.8 Å². The summed E-state index contributed by atoms with van der Waals surface area (Å²) in [6, 6.07) is 13.0. The molecule has 0 spiro atoms. The molecular formula is C25H22ClFN4O2. The van der Waals surface area contributed by atoms with Crippen LogP contribution in [0.3, 0.4) is 0 Å². The average Bonchev–Trinajstić information content (AvgIpc) is 2.82. The number of aromatic nitrogens is 4. The Kier molecular flexibility index (Phi) is 6.51. The molecule has 0 N–H and O–H groups in total. The van der Waals surface area contributed by atoms with Crippen LogP contribution < -0.4 is 10.3 Å². The number of hydrogen-bond donors (Lipinski definition) is 0. The summed E-state index contributed by atoms with van der Waals surface area (Å²) < 4.78 is 20.3. The van der Waals surface area contributed by atoms with Gasteiger partial charge in [-0.05, 0) is 42.8 Å². The third-order valence-electron chi connectivity index (χ3n) is 5.06. The van der Waals surface area contributed by atoms with E-state index in [1.54, 1.807) is 55.7 Å². The normalized spacial score (nSPS) is 11.1. The molecule has 168 valence electrons. The van der Waals surface area contributed by atoms with Crippen molar-refractivity contribution < 1.29 is 9.13 Å². The maximum atomic E-state index is 13.1. The van der Waals surface area contributed by atoms with Crippen LogP contribution in [-0.2, 0) is 6.61 Å². The molecule has 0 bridgehead atoms. The van der Waals surface area contributed by atoms with Crippen molar-refractivity contribution in [3.05, 3.63) is 99.2 Å². The monoisotopic (exact) mass is 464 g/mol. The van der Waals surface area contributed by atoms with Gasteiger partial charge in [-0.3, -0.25) is 14.3 Å². The second-order valence-electron chi connectivity index (χ2n) is 7.87. The van der Waals surface area contributed by atoms with E-state index in [9.17, 15) is 9.18 Å². The summed E-state index contributed by atoms with van der Waals surface area (Å²) in [4.78, 5) is 26.4. The molecule has 0 aliphatic heterocycles. The lowest BCUT2D eigenvalue weighted by atomic mass is 10.2. The van der Waals surface area contributed by atoms with Gasteiger partial charge in [0.25, 0.3) is 5.56 Å². The second-order valence-corrected chi connectivity index (χ2v) is 8.25. The molecule has 0 saturated carbocycles. The third-order valence-corrected chi connectivity index (χ3v) is 5.41. The summed E-state index contributed by atoms with van der Waals surface area (Å²) in [7, 11) is 0. The molecule has 3 aromatic heterocycles. The zero-order valence-corrected chi connectivity index (χ0v) is 19.2. The number of hydrogen-bond acceptors (Lipinski definition) is 5. The minimum absolute atomic E-state index is 0.0368. The zero-order valence-electron chi connectivity index (χ0n) is 18.4. The van der Waals surface area contributed by atoms with Crippen molar-refractivity contribution >= 4 is 11.6 Å². The second kappa shape index (κ2) is 9.50. The maximum absolute atomic E-state index is 13.1. The largest absolute Gasteiger partial charge is 0.487 e. The zero-order chi connectivity index (χ0) is 23.5. The van der Waals surface area contributed by atoms with E-state index in [4.69, 9.17) is 16.3 Å². The van der Waals surface area contributed by atoms with Crippen molar-refractivity contribution in [2.45, 2.75) is 33.3 Å². The molecule has 4 rings (SSSR count). The minimum atomic E-state index is -0.409. The fourth-order valence-electron chi connectivity index (χ4n) is 3.34. The Labute approximate surface area is 195 Å². The number of halogens is 2. The van der Waals surface area contributed by atoms with Crippen LogP contribution in [0.25, 0.3) is 17.1 Å². The van der Waals surface area contributed by atoms with Gasteiger partial charge < -0.3 is 4.74 Å².